The van der Waals surface area contributed by atoms with Crippen LogP contribution in [-0.4, -0.2) is 21.0 Å². The van der Waals surface area contributed by atoms with Gasteiger partial charge in [-0.05, 0) is 0 Å². The van der Waals surface area contributed by atoms with Crippen molar-refractivity contribution in [2.24, 2.45) is 0 Å². The summed E-state index contributed by atoms with van der Waals surface area (Å²) in [5.41, 5.74) is 0. The van der Waals surface area contributed by atoms with Gasteiger partial charge in [-0.3, -0.25) is 21.0 Å². The molecule has 0 amide bonds. The summed E-state index contributed by atoms with van der Waals surface area (Å²) in [5.74, 6) is 0. The maximum absolute atomic E-state index is 8.26. The van der Waals surface area contributed by atoms with Crippen molar-refractivity contribution < 1.29 is 47.3 Å². The van der Waals surface area contributed by atoms with Crippen molar-refractivity contribution >= 4 is 0 Å². The Morgan fingerprint density at radius 3 is 0.833 bits per heavy atom. The van der Waals surface area contributed by atoms with E-state index in [0.29, 0.717) is 0 Å². The molecule has 12 nitrogen and oxygen atoms in total. The minimum absolute atomic E-state index is 0. The van der Waals surface area contributed by atoms with Crippen molar-refractivity contribution in [1.82, 2.24) is 0 Å². The third-order valence-electron chi connectivity index (χ3n) is 0.0278. The fourth-order valence-corrected chi connectivity index (χ4v) is 0. The van der Waals surface area contributed by atoms with E-state index in [1.54, 1.807) is 0 Å². The normalized spacial score (nSPS) is 4.17. The van der Waals surface area contributed by atoms with Crippen molar-refractivity contribution in [2.75, 3.05) is 0 Å². The molecule has 0 fully saturated rings. The van der Waals surface area contributed by atoms with Gasteiger partial charge in [-0.1, -0.05) is 0 Å². The Balaban J connectivity index is -0.00000000536. The van der Waals surface area contributed by atoms with E-state index in [1.807, 2.05) is 0 Å². The Bertz CT molecular complexity index is 25.0. The fraction of sp³-hybridized carbons (Fsp3) is 0. The van der Waals surface area contributed by atoms with Crippen LogP contribution in [0.25, 0.3) is 0 Å². The van der Waals surface area contributed by atoms with E-state index in [0.717, 1.165) is 0 Å². The quantitative estimate of drug-likeness (QED) is 0.269. The number of hydrogen-bond acceptors (Lipinski definition) is 12. The van der Waals surface area contributed by atoms with Crippen LogP contribution < -0.4 is 10.5 Å². The highest BCUT2D eigenvalue weighted by molar-refractivity contribution is 4.08. The van der Waals surface area contributed by atoms with Gasteiger partial charge in [-0.25, -0.2) is 0 Å². The summed E-state index contributed by atoms with van der Waals surface area (Å²) in [7, 11) is 0. The molecule has 0 unspecified atom stereocenters. The zero-order valence-corrected chi connectivity index (χ0v) is 5.05. The lowest BCUT2D eigenvalue weighted by molar-refractivity contribution is -0.958. The maximum Gasteiger partial charge on any atom is 1.00 e. The van der Waals surface area contributed by atoms with Crippen LogP contribution in [0.4, 0.5) is 0 Å². The largest absolute Gasteiger partial charge is 1.00 e. The smallest absolute Gasteiger partial charge is 0.693 e. The first-order valence-corrected chi connectivity index (χ1v) is 1.23. The first-order chi connectivity index (χ1) is 5.91. The average Bonchev–Trinajstić information content (AvgIpc) is 2.29. The number of hydrogen-bond donors (Lipinski definition) is 4. The monoisotopic (exact) mass is 200 g/mol. The zero-order chi connectivity index (χ0) is 11.4. The summed E-state index contributed by atoms with van der Waals surface area (Å²) < 4.78 is 0. The molecule has 12 heavy (non-hydrogen) atoms. The van der Waals surface area contributed by atoms with Gasteiger partial charge in [-0.2, -0.15) is 0 Å². The molecule has 0 aliphatic heterocycles. The van der Waals surface area contributed by atoms with Gasteiger partial charge >= 0.3 is 5.71 Å². The Morgan fingerprint density at radius 1 is 0.750 bits per heavy atom. The van der Waals surface area contributed by atoms with Crippen LogP contribution in [0.2, 0.25) is 0 Å². The van der Waals surface area contributed by atoms with E-state index in [4.69, 9.17) is 51.4 Å². The van der Waals surface area contributed by atoms with Crippen LogP contribution in [0.3, 0.4) is 0 Å². The molecule has 0 rings (SSSR count). The molecule has 12 heteroatoms. The van der Waals surface area contributed by atoms with Crippen LogP contribution in [0.15, 0.2) is 0 Å². The lowest BCUT2D eigenvalue weighted by Gasteiger charge is -2.05. The van der Waals surface area contributed by atoms with Gasteiger partial charge < -0.3 is 20.6 Å². The average molecular weight is 200 g/mol. The first kappa shape index (κ1) is 30.7. The van der Waals surface area contributed by atoms with Crippen molar-refractivity contribution in [3.05, 3.63) is 19.9 Å². The van der Waals surface area contributed by atoms with E-state index in [9.17, 15) is 0 Å². The fourth-order valence-electron chi connectivity index (χ4n) is 0. The Kier molecular flexibility index (Phi) is 2580. The second kappa shape index (κ2) is 1010. The Hall–Kier alpha value is -1.12. The second-order valence-electron chi connectivity index (χ2n) is 0.136. The molecular weight excluding hydrogens is 192 g/mol. The van der Waals surface area contributed by atoms with Crippen LogP contribution in [-0.2, 0) is 10.1 Å². The van der Waals surface area contributed by atoms with Gasteiger partial charge in [0.15, 0.2) is 0 Å². The molecule has 0 aromatic heterocycles. The molecule has 0 bridgehead atoms. The summed E-state index contributed by atoms with van der Waals surface area (Å²) in [5, 5.41) is 45.0. The van der Waals surface area contributed by atoms with E-state index < -0.39 is 0 Å². The summed E-state index contributed by atoms with van der Waals surface area (Å²) >= 11 is 0. The van der Waals surface area contributed by atoms with Gasteiger partial charge in [0.2, 0.25) is 0 Å². The summed E-state index contributed by atoms with van der Waals surface area (Å²) in [6.07, 6.45) is 0. The molecular formula is H8O12+2. The molecule has 0 radical (unpaired) electrons. The topological polar surface area (TPSA) is 214 Å². The van der Waals surface area contributed by atoms with E-state index in [1.165, 1.54) is 0 Å². The third kappa shape index (κ3) is 38300. The van der Waals surface area contributed by atoms with Crippen molar-refractivity contribution in [2.45, 2.75) is 0 Å². The summed E-state index contributed by atoms with van der Waals surface area (Å²) in [4.78, 5) is 28.0. The van der Waals surface area contributed by atoms with Gasteiger partial charge in [0.25, 0.3) is 0 Å². The highest BCUT2D eigenvalue weighted by atomic mass is 17.6. The molecule has 0 saturated heterocycles. The molecule has 0 heterocycles. The van der Waals surface area contributed by atoms with E-state index in [-0.39, 0.29) is 5.71 Å². The Labute approximate surface area is 68.8 Å². The predicted octanol–water partition coefficient (Wildman–Crippen LogP) is -1.90. The van der Waals surface area contributed by atoms with Crippen LogP contribution >= 0.6 is 0 Å². The van der Waals surface area contributed by atoms with Crippen LogP contribution in [0.1, 0.15) is 5.71 Å². The second-order valence-corrected chi connectivity index (χ2v) is 0.136. The highest BCUT2D eigenvalue weighted by Gasteiger charge is 1.22. The molecule has 0 aromatic rings. The molecule has 4 N–H and O–H groups in total. The van der Waals surface area contributed by atoms with Gasteiger partial charge in [0, 0.05) is 19.9 Å². The minimum Gasteiger partial charge on any atom is -0.693 e. The van der Waals surface area contributed by atoms with Gasteiger partial charge in [0.05, 0.1) is 0 Å². The Morgan fingerprint density at radius 2 is 0.833 bits per heavy atom. The lowest BCUT2D eigenvalue weighted by Crippen LogP contribution is -2.13. The molecule has 0 spiro atoms. The molecule has 0 aromatic carbocycles. The number of rotatable bonds is 1. The zero-order valence-electron chi connectivity index (χ0n) is 9.05. The molecule has 0 aliphatic rings. The molecule has 78 valence electrons. The van der Waals surface area contributed by atoms with Crippen molar-refractivity contribution in [1.29, 1.82) is 0 Å². The van der Waals surface area contributed by atoms with Crippen molar-refractivity contribution in [3.63, 3.8) is 0 Å². The van der Waals surface area contributed by atoms with Crippen molar-refractivity contribution in [3.8, 4) is 0 Å². The molecule has 0 saturated carbocycles. The maximum atomic E-state index is 8.26. The molecule has 0 atom stereocenters. The van der Waals surface area contributed by atoms with Crippen LogP contribution in [0.5, 0.6) is 0 Å². The lowest BCUT2D eigenvalue weighted by atomic mass is 14.4. The third-order valence-corrected chi connectivity index (χ3v) is 0.0278. The van der Waals surface area contributed by atoms with E-state index in [2.05, 4.69) is 10.1 Å². The predicted molar refractivity (Wildman–Crippen MR) is 30.6 cm³/mol. The van der Waals surface area contributed by atoms with Gasteiger partial charge in [-0.15, -0.1) is 0 Å². The van der Waals surface area contributed by atoms with Gasteiger partial charge in [0.1, 0.15) is 0 Å². The SMILES string of the molecule is O=O.O=O.OO.OO.[H+].[H+].[H+].[H+].[O-]OO[O-]. The van der Waals surface area contributed by atoms with E-state index >= 15 is 0 Å². The summed E-state index contributed by atoms with van der Waals surface area (Å²) in [6, 6.07) is 0. The highest BCUT2D eigenvalue weighted by Crippen LogP contribution is 1.33. The summed E-state index contributed by atoms with van der Waals surface area (Å²) in [6.45, 7) is 0. The minimum atomic E-state index is 0. The first-order valence-electron chi connectivity index (χ1n) is 1.23. The molecule has 0 aliphatic carbocycles. The standard InChI is InChI=1S/H2O4.2H2O2.2O2/c1-3-4-2;4*1-2/h1-2H;2*1-2H;;/p+2. The van der Waals surface area contributed by atoms with Crippen LogP contribution in [0, 0.1) is 19.9 Å².